The first kappa shape index (κ1) is 18.3. The fraction of sp³-hybridized carbons (Fsp3) is 0.450. The standard InChI is InChI=1S/C20H27N5O/c1-14-8-6-7-9-15(14)18(23(2)3)20(26)25-11-10-16-17(12-25)21-13-22-19(16)24(4)5/h6-9,13,18H,10-12H2,1-5H3/t18-/m1/s1. The predicted octanol–water partition coefficient (Wildman–Crippen LogP) is 2.04. The van der Waals surface area contributed by atoms with Crippen LogP contribution < -0.4 is 4.90 Å². The van der Waals surface area contributed by atoms with Crippen molar-refractivity contribution in [3.05, 3.63) is 53.0 Å². The van der Waals surface area contributed by atoms with Gasteiger partial charge >= 0.3 is 0 Å². The van der Waals surface area contributed by atoms with E-state index in [0.29, 0.717) is 13.1 Å². The summed E-state index contributed by atoms with van der Waals surface area (Å²) in [5, 5.41) is 0. The van der Waals surface area contributed by atoms with E-state index in [9.17, 15) is 4.79 Å². The molecule has 0 spiro atoms. The number of aromatic nitrogens is 2. The molecule has 6 heteroatoms. The van der Waals surface area contributed by atoms with Gasteiger partial charge in [-0.15, -0.1) is 0 Å². The Kier molecular flexibility index (Phi) is 5.23. The molecule has 3 rings (SSSR count). The molecule has 26 heavy (non-hydrogen) atoms. The van der Waals surface area contributed by atoms with Crippen LogP contribution in [0, 0.1) is 6.92 Å². The molecule has 1 atom stereocenters. The summed E-state index contributed by atoms with van der Waals surface area (Å²) in [5.41, 5.74) is 4.29. The number of hydrogen-bond acceptors (Lipinski definition) is 5. The molecule has 1 aliphatic rings. The molecule has 1 amide bonds. The Morgan fingerprint density at radius 2 is 1.88 bits per heavy atom. The van der Waals surface area contributed by atoms with Crippen LogP contribution in [0.25, 0.3) is 0 Å². The highest BCUT2D eigenvalue weighted by Crippen LogP contribution is 2.29. The van der Waals surface area contributed by atoms with Crippen molar-refractivity contribution >= 4 is 11.7 Å². The summed E-state index contributed by atoms with van der Waals surface area (Å²) in [7, 11) is 7.89. The van der Waals surface area contributed by atoms with Gasteiger partial charge in [0.2, 0.25) is 5.91 Å². The van der Waals surface area contributed by atoms with Crippen molar-refractivity contribution in [2.45, 2.75) is 25.9 Å². The minimum absolute atomic E-state index is 0.125. The molecule has 0 saturated carbocycles. The quantitative estimate of drug-likeness (QED) is 0.842. The second-order valence-electron chi connectivity index (χ2n) is 7.25. The van der Waals surface area contributed by atoms with Gasteiger partial charge in [-0.1, -0.05) is 24.3 Å². The van der Waals surface area contributed by atoms with Gasteiger partial charge in [0.05, 0.1) is 12.2 Å². The summed E-state index contributed by atoms with van der Waals surface area (Å²) in [6.45, 7) is 3.28. The van der Waals surface area contributed by atoms with E-state index in [4.69, 9.17) is 0 Å². The Morgan fingerprint density at radius 3 is 2.54 bits per heavy atom. The fourth-order valence-electron chi connectivity index (χ4n) is 3.61. The van der Waals surface area contributed by atoms with E-state index in [-0.39, 0.29) is 11.9 Å². The van der Waals surface area contributed by atoms with Crippen LogP contribution in [0.3, 0.4) is 0 Å². The molecule has 0 saturated heterocycles. The highest BCUT2D eigenvalue weighted by atomic mass is 16.2. The van der Waals surface area contributed by atoms with Gasteiger partial charge in [0, 0.05) is 26.2 Å². The van der Waals surface area contributed by atoms with Crippen LogP contribution in [0.1, 0.15) is 28.4 Å². The maximum absolute atomic E-state index is 13.4. The van der Waals surface area contributed by atoms with Gasteiger partial charge < -0.3 is 9.80 Å². The van der Waals surface area contributed by atoms with Crippen LogP contribution in [0.4, 0.5) is 5.82 Å². The van der Waals surface area contributed by atoms with Crippen LogP contribution in [0.5, 0.6) is 0 Å². The lowest BCUT2D eigenvalue weighted by Crippen LogP contribution is -2.43. The van der Waals surface area contributed by atoms with Crippen LogP contribution in [-0.4, -0.2) is 60.4 Å². The number of aryl methyl sites for hydroxylation is 1. The molecule has 0 aliphatic carbocycles. The van der Waals surface area contributed by atoms with Gasteiger partial charge in [-0.25, -0.2) is 9.97 Å². The number of carbonyl (C=O) groups excluding carboxylic acids is 1. The Balaban J connectivity index is 1.89. The van der Waals surface area contributed by atoms with E-state index < -0.39 is 0 Å². The normalized spacial score (nSPS) is 14.9. The Morgan fingerprint density at radius 1 is 1.15 bits per heavy atom. The van der Waals surface area contributed by atoms with Crippen LogP contribution in [-0.2, 0) is 17.8 Å². The van der Waals surface area contributed by atoms with Gasteiger partial charge in [-0.3, -0.25) is 9.69 Å². The molecule has 1 aromatic heterocycles. The lowest BCUT2D eigenvalue weighted by Gasteiger charge is -2.35. The van der Waals surface area contributed by atoms with Gasteiger partial charge in [0.25, 0.3) is 0 Å². The maximum Gasteiger partial charge on any atom is 0.244 e. The van der Waals surface area contributed by atoms with E-state index >= 15 is 0 Å². The van der Waals surface area contributed by atoms with Gasteiger partial charge in [0.15, 0.2) is 0 Å². The number of hydrogen-bond donors (Lipinski definition) is 0. The first-order valence-corrected chi connectivity index (χ1v) is 8.91. The number of likely N-dealkylation sites (N-methyl/N-ethyl adjacent to an activating group) is 1. The first-order chi connectivity index (χ1) is 12.4. The Labute approximate surface area is 155 Å². The minimum Gasteiger partial charge on any atom is -0.362 e. The van der Waals surface area contributed by atoms with Crippen molar-refractivity contribution in [1.82, 2.24) is 19.8 Å². The molecule has 0 N–H and O–H groups in total. The molecule has 2 heterocycles. The summed E-state index contributed by atoms with van der Waals surface area (Å²) in [6.07, 6.45) is 2.37. The first-order valence-electron chi connectivity index (χ1n) is 8.91. The van der Waals surface area contributed by atoms with Crippen LogP contribution in [0.15, 0.2) is 30.6 Å². The van der Waals surface area contributed by atoms with Crippen molar-refractivity contribution in [2.75, 3.05) is 39.6 Å². The van der Waals surface area contributed by atoms with Gasteiger partial charge in [0.1, 0.15) is 18.2 Å². The molecule has 1 aromatic carbocycles. The molecular formula is C20H27N5O. The zero-order valence-corrected chi connectivity index (χ0v) is 16.2. The van der Waals surface area contributed by atoms with Crippen molar-refractivity contribution in [3.8, 4) is 0 Å². The molecule has 0 radical (unpaired) electrons. The number of carbonyl (C=O) groups is 1. The van der Waals surface area contributed by atoms with E-state index in [0.717, 1.165) is 34.6 Å². The number of anilines is 1. The summed E-state index contributed by atoms with van der Waals surface area (Å²) in [6, 6.07) is 7.82. The topological polar surface area (TPSA) is 52.6 Å². The third-order valence-corrected chi connectivity index (χ3v) is 4.95. The lowest BCUT2D eigenvalue weighted by atomic mass is 9.97. The van der Waals surface area contributed by atoms with Crippen molar-refractivity contribution < 1.29 is 4.79 Å². The molecule has 6 nitrogen and oxygen atoms in total. The zero-order valence-electron chi connectivity index (χ0n) is 16.2. The number of nitrogens with zero attached hydrogens (tertiary/aromatic N) is 5. The molecule has 2 aromatic rings. The fourth-order valence-corrected chi connectivity index (χ4v) is 3.61. The Bertz CT molecular complexity index is 803. The summed E-state index contributed by atoms with van der Waals surface area (Å²) < 4.78 is 0. The van der Waals surface area contributed by atoms with Gasteiger partial charge in [-0.2, -0.15) is 0 Å². The maximum atomic E-state index is 13.4. The second kappa shape index (κ2) is 7.41. The third kappa shape index (κ3) is 3.42. The van der Waals surface area contributed by atoms with E-state index in [1.165, 1.54) is 0 Å². The average molecular weight is 353 g/mol. The van der Waals surface area contributed by atoms with Crippen molar-refractivity contribution in [3.63, 3.8) is 0 Å². The second-order valence-corrected chi connectivity index (χ2v) is 7.25. The molecule has 0 bridgehead atoms. The largest absolute Gasteiger partial charge is 0.362 e. The van der Waals surface area contributed by atoms with Crippen LogP contribution >= 0.6 is 0 Å². The molecule has 0 unspecified atom stereocenters. The summed E-state index contributed by atoms with van der Waals surface area (Å²) >= 11 is 0. The van der Waals surface area contributed by atoms with E-state index in [1.807, 2.05) is 61.1 Å². The van der Waals surface area contributed by atoms with E-state index in [1.54, 1.807) is 6.33 Å². The molecule has 1 aliphatic heterocycles. The Hall–Kier alpha value is -2.47. The SMILES string of the molecule is Cc1ccccc1[C@H](C(=O)N1CCc2c(ncnc2N(C)C)C1)N(C)C. The van der Waals surface area contributed by atoms with E-state index in [2.05, 4.69) is 23.0 Å². The highest BCUT2D eigenvalue weighted by molar-refractivity contribution is 5.84. The monoisotopic (exact) mass is 353 g/mol. The number of fused-ring (bicyclic) bond motifs is 1. The number of benzene rings is 1. The third-order valence-electron chi connectivity index (χ3n) is 4.95. The predicted molar refractivity (Wildman–Crippen MR) is 103 cm³/mol. The van der Waals surface area contributed by atoms with Gasteiger partial charge in [-0.05, 0) is 38.6 Å². The molecular weight excluding hydrogens is 326 g/mol. The number of rotatable bonds is 4. The average Bonchev–Trinajstić information content (AvgIpc) is 2.62. The highest BCUT2D eigenvalue weighted by Gasteiger charge is 2.32. The molecule has 138 valence electrons. The van der Waals surface area contributed by atoms with Crippen molar-refractivity contribution in [1.29, 1.82) is 0 Å². The minimum atomic E-state index is -0.284. The zero-order chi connectivity index (χ0) is 18.8. The van der Waals surface area contributed by atoms with Crippen molar-refractivity contribution in [2.24, 2.45) is 0 Å². The summed E-state index contributed by atoms with van der Waals surface area (Å²) in [4.78, 5) is 28.1. The number of amides is 1. The summed E-state index contributed by atoms with van der Waals surface area (Å²) in [5.74, 6) is 1.07. The smallest absolute Gasteiger partial charge is 0.244 e. The molecule has 0 fully saturated rings. The lowest BCUT2D eigenvalue weighted by molar-refractivity contribution is -0.137. The van der Waals surface area contributed by atoms with Crippen LogP contribution in [0.2, 0.25) is 0 Å².